The minimum Gasteiger partial charge on any atom is -0.396 e. The lowest BCUT2D eigenvalue weighted by atomic mass is 9.95. The van der Waals surface area contributed by atoms with E-state index in [0.29, 0.717) is 12.5 Å². The molecule has 0 unspecified atom stereocenters. The predicted molar refractivity (Wildman–Crippen MR) is 35.9 cm³/mol. The zero-order chi connectivity index (χ0) is 6.27. The van der Waals surface area contributed by atoms with E-state index in [1.165, 1.54) is 12.8 Å². The lowest BCUT2D eigenvalue weighted by Crippen LogP contribution is -2.10. The van der Waals surface area contributed by atoms with Gasteiger partial charge in [-0.2, -0.15) is 0 Å². The van der Waals surface area contributed by atoms with Gasteiger partial charge in [0.2, 0.25) is 0 Å². The van der Waals surface area contributed by atoms with Crippen molar-refractivity contribution in [3.63, 3.8) is 0 Å². The van der Waals surface area contributed by atoms with Crippen LogP contribution in [0.5, 0.6) is 0 Å². The zero-order valence-electron chi connectivity index (χ0n) is 5.46. The zero-order valence-corrected chi connectivity index (χ0v) is 5.46. The summed E-state index contributed by atoms with van der Waals surface area (Å²) in [6, 6.07) is 0. The Kier molecular flexibility index (Phi) is 1.12. The Balaban J connectivity index is 2.10. The molecule has 0 heterocycles. The highest BCUT2D eigenvalue weighted by Gasteiger charge is 2.34. The molecule has 2 aliphatic carbocycles. The summed E-state index contributed by atoms with van der Waals surface area (Å²) in [4.78, 5) is 0. The van der Waals surface area contributed by atoms with Crippen LogP contribution >= 0.6 is 0 Å². The molecule has 2 bridgehead atoms. The predicted octanol–water partition coefficient (Wildman–Crippen LogP) is 1.19. The van der Waals surface area contributed by atoms with E-state index in [0.717, 1.165) is 11.8 Å². The van der Waals surface area contributed by atoms with Crippen LogP contribution in [0.3, 0.4) is 0 Å². The second kappa shape index (κ2) is 1.84. The van der Waals surface area contributed by atoms with Crippen molar-refractivity contribution in [2.75, 3.05) is 6.61 Å². The average molecular weight is 124 g/mol. The van der Waals surface area contributed by atoms with Gasteiger partial charge in [0.25, 0.3) is 0 Å². The third-order valence-electron chi connectivity index (χ3n) is 2.65. The Morgan fingerprint density at radius 3 is 2.56 bits per heavy atom. The van der Waals surface area contributed by atoms with Crippen LogP contribution in [0.1, 0.15) is 12.8 Å². The normalized spacial score (nSPS) is 46.6. The van der Waals surface area contributed by atoms with Crippen molar-refractivity contribution in [3.8, 4) is 0 Å². The number of hydrogen-bond donors (Lipinski definition) is 1. The first-order chi connectivity index (χ1) is 4.40. The van der Waals surface area contributed by atoms with Gasteiger partial charge < -0.3 is 5.11 Å². The van der Waals surface area contributed by atoms with Crippen molar-refractivity contribution in [2.45, 2.75) is 12.8 Å². The molecule has 9 heavy (non-hydrogen) atoms. The largest absolute Gasteiger partial charge is 0.396 e. The summed E-state index contributed by atoms with van der Waals surface area (Å²) in [5.74, 6) is 2.13. The first-order valence-corrected chi connectivity index (χ1v) is 3.69. The first-order valence-electron chi connectivity index (χ1n) is 3.69. The monoisotopic (exact) mass is 124 g/mol. The number of hydrogen-bond acceptors (Lipinski definition) is 1. The van der Waals surface area contributed by atoms with Gasteiger partial charge in [0.1, 0.15) is 0 Å². The number of allylic oxidation sites excluding steroid dienone is 2. The Morgan fingerprint density at radius 2 is 2.22 bits per heavy atom. The highest BCUT2D eigenvalue weighted by Crippen LogP contribution is 2.42. The second-order valence-electron chi connectivity index (χ2n) is 3.22. The van der Waals surface area contributed by atoms with Crippen LogP contribution in [0, 0.1) is 17.8 Å². The summed E-state index contributed by atoms with van der Waals surface area (Å²) in [6.45, 7) is 0.394. The molecule has 1 saturated carbocycles. The van der Waals surface area contributed by atoms with Gasteiger partial charge in [-0.15, -0.1) is 0 Å². The van der Waals surface area contributed by atoms with E-state index < -0.39 is 0 Å². The second-order valence-corrected chi connectivity index (χ2v) is 3.22. The number of rotatable bonds is 1. The Bertz CT molecular complexity index is 140. The number of fused-ring (bicyclic) bond motifs is 2. The highest BCUT2D eigenvalue weighted by molar-refractivity contribution is 5.09. The quantitative estimate of drug-likeness (QED) is 0.520. The maximum absolute atomic E-state index is 8.85. The van der Waals surface area contributed by atoms with E-state index in [1.807, 2.05) is 0 Å². The molecule has 1 heteroatoms. The van der Waals surface area contributed by atoms with Crippen LogP contribution in [-0.2, 0) is 0 Å². The van der Waals surface area contributed by atoms with Crippen LogP contribution in [0.15, 0.2) is 12.2 Å². The van der Waals surface area contributed by atoms with Crippen LogP contribution in [-0.4, -0.2) is 11.7 Å². The molecule has 1 N–H and O–H groups in total. The van der Waals surface area contributed by atoms with Gasteiger partial charge in [0, 0.05) is 6.61 Å². The summed E-state index contributed by atoms with van der Waals surface area (Å²) in [5, 5.41) is 8.85. The maximum Gasteiger partial charge on any atom is 0.0465 e. The fraction of sp³-hybridized carbons (Fsp3) is 0.750. The molecule has 0 aliphatic heterocycles. The first kappa shape index (κ1) is 5.48. The van der Waals surface area contributed by atoms with E-state index in [9.17, 15) is 0 Å². The van der Waals surface area contributed by atoms with Crippen LogP contribution in [0.4, 0.5) is 0 Å². The van der Waals surface area contributed by atoms with E-state index in [1.54, 1.807) is 0 Å². The molecule has 0 aromatic heterocycles. The molecule has 50 valence electrons. The fourth-order valence-corrected chi connectivity index (χ4v) is 2.10. The molecular weight excluding hydrogens is 112 g/mol. The average Bonchev–Trinajstić information content (AvgIpc) is 2.45. The van der Waals surface area contributed by atoms with Crippen molar-refractivity contribution < 1.29 is 5.11 Å². The minimum atomic E-state index is 0.394. The van der Waals surface area contributed by atoms with E-state index in [-0.39, 0.29) is 0 Å². The Morgan fingerprint density at radius 1 is 1.33 bits per heavy atom. The van der Waals surface area contributed by atoms with Crippen molar-refractivity contribution in [2.24, 2.45) is 17.8 Å². The van der Waals surface area contributed by atoms with Gasteiger partial charge in [-0.25, -0.2) is 0 Å². The number of aliphatic hydroxyl groups excluding tert-OH is 1. The molecule has 0 saturated heterocycles. The lowest BCUT2D eigenvalue weighted by molar-refractivity contribution is 0.207. The lowest BCUT2D eigenvalue weighted by Gasteiger charge is -2.13. The molecule has 0 aromatic carbocycles. The molecule has 0 amide bonds. The molecule has 0 spiro atoms. The smallest absolute Gasteiger partial charge is 0.0465 e. The third-order valence-corrected chi connectivity index (χ3v) is 2.65. The highest BCUT2D eigenvalue weighted by atomic mass is 16.3. The third kappa shape index (κ3) is 0.715. The SMILES string of the molecule is OC[C@@H]1C[C@H]2C=C[C@@H]1C2. The summed E-state index contributed by atoms with van der Waals surface area (Å²) in [5.41, 5.74) is 0. The van der Waals surface area contributed by atoms with Crippen molar-refractivity contribution >= 4 is 0 Å². The van der Waals surface area contributed by atoms with Crippen LogP contribution < -0.4 is 0 Å². The number of aliphatic hydroxyl groups is 1. The van der Waals surface area contributed by atoms with Crippen LogP contribution in [0.2, 0.25) is 0 Å². The van der Waals surface area contributed by atoms with Crippen molar-refractivity contribution in [1.29, 1.82) is 0 Å². The molecule has 2 aliphatic rings. The van der Waals surface area contributed by atoms with Gasteiger partial charge in [0.15, 0.2) is 0 Å². The van der Waals surface area contributed by atoms with E-state index in [4.69, 9.17) is 5.11 Å². The Labute approximate surface area is 55.4 Å². The maximum atomic E-state index is 8.85. The molecule has 1 fully saturated rings. The van der Waals surface area contributed by atoms with Crippen LogP contribution in [0.25, 0.3) is 0 Å². The summed E-state index contributed by atoms with van der Waals surface area (Å²) in [7, 11) is 0. The Hall–Kier alpha value is -0.300. The summed E-state index contributed by atoms with van der Waals surface area (Å²) >= 11 is 0. The van der Waals surface area contributed by atoms with Crippen molar-refractivity contribution in [3.05, 3.63) is 12.2 Å². The topological polar surface area (TPSA) is 20.2 Å². The van der Waals surface area contributed by atoms with Gasteiger partial charge in [-0.05, 0) is 30.6 Å². The van der Waals surface area contributed by atoms with E-state index in [2.05, 4.69) is 12.2 Å². The molecule has 0 aromatic rings. The summed E-state index contributed by atoms with van der Waals surface area (Å²) < 4.78 is 0. The standard InChI is InChI=1S/C8H12O/c9-5-8-4-6-1-2-7(8)3-6/h1-2,6-9H,3-5H2/t6-,7+,8-/m0/s1. The van der Waals surface area contributed by atoms with E-state index >= 15 is 0 Å². The van der Waals surface area contributed by atoms with Gasteiger partial charge in [-0.1, -0.05) is 12.2 Å². The molecule has 2 rings (SSSR count). The van der Waals surface area contributed by atoms with Crippen molar-refractivity contribution in [1.82, 2.24) is 0 Å². The summed E-state index contributed by atoms with van der Waals surface area (Å²) in [6.07, 6.45) is 7.12. The van der Waals surface area contributed by atoms with Gasteiger partial charge in [0.05, 0.1) is 0 Å². The van der Waals surface area contributed by atoms with Gasteiger partial charge in [-0.3, -0.25) is 0 Å². The molecule has 1 nitrogen and oxygen atoms in total. The molecule has 3 atom stereocenters. The minimum absolute atomic E-state index is 0.394. The molecular formula is C8H12O. The molecule has 0 radical (unpaired) electrons. The van der Waals surface area contributed by atoms with Gasteiger partial charge >= 0.3 is 0 Å². The fourth-order valence-electron chi connectivity index (χ4n) is 2.10.